The second-order valence-corrected chi connectivity index (χ2v) is 9.15. The highest BCUT2D eigenvalue weighted by molar-refractivity contribution is 8.01. The zero-order chi connectivity index (χ0) is 18.1. The second kappa shape index (κ2) is 7.56. The first-order valence-electron chi connectivity index (χ1n) is 10.0. The van der Waals surface area contributed by atoms with Gasteiger partial charge < -0.3 is 10.0 Å². The maximum atomic E-state index is 4.23. The minimum atomic E-state index is 0.603. The van der Waals surface area contributed by atoms with E-state index >= 15 is 0 Å². The number of anilines is 1. The van der Waals surface area contributed by atoms with E-state index in [0.29, 0.717) is 5.92 Å². The number of fused-ring (bicyclic) bond motifs is 1. The van der Waals surface area contributed by atoms with Gasteiger partial charge in [0, 0.05) is 10.6 Å². The van der Waals surface area contributed by atoms with Gasteiger partial charge in [-0.05, 0) is 77.8 Å². The summed E-state index contributed by atoms with van der Waals surface area (Å²) in [4.78, 5) is 1.37. The van der Waals surface area contributed by atoms with Gasteiger partial charge in [-0.1, -0.05) is 57.9 Å². The number of hydrogen-bond donors (Lipinski definition) is 2. The summed E-state index contributed by atoms with van der Waals surface area (Å²) in [7, 11) is 0. The quantitative estimate of drug-likeness (QED) is 0.542. The maximum Gasteiger partial charge on any atom is 0.106 e. The summed E-state index contributed by atoms with van der Waals surface area (Å²) in [5, 5.41) is 3.61. The third-order valence-electron chi connectivity index (χ3n) is 5.99. The smallest absolute Gasteiger partial charge is 0.106 e. The molecule has 0 atom stereocenters. The van der Waals surface area contributed by atoms with Crippen LogP contribution in [0.1, 0.15) is 56.2 Å². The van der Waals surface area contributed by atoms with Crippen molar-refractivity contribution in [3.63, 3.8) is 0 Å². The molecule has 2 N–H and O–H groups in total. The maximum absolute atomic E-state index is 4.23. The molecule has 0 amide bonds. The first-order chi connectivity index (χ1) is 12.6. The molecule has 3 aliphatic rings. The SMILES string of the molecule is C=C(NSC1=CC(C(C)C)=CC1)Nc1c(CC2CCC2)ccc2c1CC2. The lowest BCUT2D eigenvalue weighted by Crippen LogP contribution is -2.21. The van der Waals surface area contributed by atoms with E-state index in [4.69, 9.17) is 0 Å². The Morgan fingerprint density at radius 3 is 2.73 bits per heavy atom. The molecule has 2 nitrogen and oxygen atoms in total. The molecule has 0 aliphatic heterocycles. The molecule has 1 fully saturated rings. The Morgan fingerprint density at radius 1 is 1.27 bits per heavy atom. The Hall–Kier alpha value is -1.61. The highest BCUT2D eigenvalue weighted by Gasteiger charge is 2.24. The van der Waals surface area contributed by atoms with Crippen molar-refractivity contribution in [1.82, 2.24) is 4.72 Å². The van der Waals surface area contributed by atoms with E-state index in [9.17, 15) is 0 Å². The standard InChI is InChI=1S/C23H30N2S/c1-15(2)19-9-11-21(14-19)26-25-16(3)24-23-20(13-17-5-4-6-17)8-7-18-10-12-22(18)23/h7-9,14-15,17,24-25H,3-6,10-13H2,1-2H3. The molecule has 0 unspecified atom stereocenters. The Kier molecular flexibility index (Phi) is 5.17. The van der Waals surface area contributed by atoms with Gasteiger partial charge in [-0.25, -0.2) is 0 Å². The summed E-state index contributed by atoms with van der Waals surface area (Å²) in [5.74, 6) is 2.38. The average Bonchev–Trinajstić information content (AvgIpc) is 3.01. The lowest BCUT2D eigenvalue weighted by atomic mass is 9.78. The van der Waals surface area contributed by atoms with Gasteiger partial charge in [0.05, 0.1) is 0 Å². The van der Waals surface area contributed by atoms with E-state index in [0.717, 1.165) is 18.2 Å². The molecule has 138 valence electrons. The summed E-state index contributed by atoms with van der Waals surface area (Å²) in [5.41, 5.74) is 7.28. The summed E-state index contributed by atoms with van der Waals surface area (Å²) >= 11 is 1.69. The van der Waals surface area contributed by atoms with Crippen molar-refractivity contribution < 1.29 is 0 Å². The van der Waals surface area contributed by atoms with Crippen molar-refractivity contribution in [1.29, 1.82) is 0 Å². The van der Waals surface area contributed by atoms with Gasteiger partial charge in [0.15, 0.2) is 0 Å². The van der Waals surface area contributed by atoms with Crippen LogP contribution >= 0.6 is 11.9 Å². The number of rotatable bonds is 8. The van der Waals surface area contributed by atoms with Crippen LogP contribution in [0.5, 0.6) is 0 Å². The molecule has 4 rings (SSSR count). The average molecular weight is 367 g/mol. The number of aryl methyl sites for hydroxylation is 1. The molecule has 0 aromatic heterocycles. The summed E-state index contributed by atoms with van der Waals surface area (Å²) in [6, 6.07) is 4.68. The van der Waals surface area contributed by atoms with Crippen LogP contribution in [-0.2, 0) is 19.3 Å². The van der Waals surface area contributed by atoms with E-state index < -0.39 is 0 Å². The largest absolute Gasteiger partial charge is 0.341 e. The van der Waals surface area contributed by atoms with Crippen LogP contribution in [0.3, 0.4) is 0 Å². The first kappa shape index (κ1) is 17.8. The molecule has 3 aliphatic carbocycles. The number of hydrogen-bond acceptors (Lipinski definition) is 3. The molecule has 1 aromatic rings. The van der Waals surface area contributed by atoms with Crippen LogP contribution in [0, 0.1) is 11.8 Å². The van der Waals surface area contributed by atoms with Crippen molar-refractivity contribution >= 4 is 17.6 Å². The molecule has 1 saturated carbocycles. The summed E-state index contributed by atoms with van der Waals surface area (Å²) in [6.45, 7) is 8.73. The van der Waals surface area contributed by atoms with Crippen LogP contribution in [0.25, 0.3) is 0 Å². The fraction of sp³-hybridized carbons (Fsp3) is 0.478. The van der Waals surface area contributed by atoms with E-state index in [1.165, 1.54) is 71.4 Å². The minimum Gasteiger partial charge on any atom is -0.341 e. The lowest BCUT2D eigenvalue weighted by Gasteiger charge is -2.30. The van der Waals surface area contributed by atoms with Gasteiger partial charge >= 0.3 is 0 Å². The molecule has 0 saturated heterocycles. The third-order valence-corrected chi connectivity index (χ3v) is 6.88. The Labute approximate surface area is 162 Å². The van der Waals surface area contributed by atoms with Crippen molar-refractivity contribution in [2.45, 2.75) is 58.8 Å². The molecule has 3 heteroatoms. The molecular formula is C23H30N2S. The van der Waals surface area contributed by atoms with E-state index in [1.807, 2.05) is 0 Å². The zero-order valence-electron chi connectivity index (χ0n) is 16.0. The van der Waals surface area contributed by atoms with E-state index in [2.05, 4.69) is 54.8 Å². The van der Waals surface area contributed by atoms with Crippen LogP contribution in [0.2, 0.25) is 0 Å². The van der Waals surface area contributed by atoms with Crippen LogP contribution in [0.4, 0.5) is 5.69 Å². The topological polar surface area (TPSA) is 24.1 Å². The molecule has 26 heavy (non-hydrogen) atoms. The predicted molar refractivity (Wildman–Crippen MR) is 114 cm³/mol. The normalized spacial score (nSPS) is 18.6. The van der Waals surface area contributed by atoms with Gasteiger partial charge in [0.25, 0.3) is 0 Å². The van der Waals surface area contributed by atoms with E-state index in [1.54, 1.807) is 11.9 Å². The zero-order valence-corrected chi connectivity index (χ0v) is 16.8. The van der Waals surface area contributed by atoms with Crippen LogP contribution in [0.15, 0.2) is 47.2 Å². The summed E-state index contributed by atoms with van der Waals surface area (Å²) < 4.78 is 3.42. The van der Waals surface area contributed by atoms with Gasteiger partial charge in [-0.2, -0.15) is 0 Å². The highest BCUT2D eigenvalue weighted by Crippen LogP contribution is 2.38. The van der Waals surface area contributed by atoms with Crippen molar-refractivity contribution in [3.8, 4) is 0 Å². The van der Waals surface area contributed by atoms with Gasteiger partial charge in [0.1, 0.15) is 5.82 Å². The van der Waals surface area contributed by atoms with Gasteiger partial charge in [0.2, 0.25) is 0 Å². The fourth-order valence-corrected chi connectivity index (χ4v) is 4.64. The summed E-state index contributed by atoms with van der Waals surface area (Å²) in [6.07, 6.45) is 13.5. The van der Waals surface area contributed by atoms with Gasteiger partial charge in [-0.15, -0.1) is 0 Å². The van der Waals surface area contributed by atoms with Crippen molar-refractivity contribution in [3.05, 3.63) is 63.9 Å². The third kappa shape index (κ3) is 3.73. The lowest BCUT2D eigenvalue weighted by molar-refractivity contribution is 0.314. The van der Waals surface area contributed by atoms with Crippen molar-refractivity contribution in [2.24, 2.45) is 11.8 Å². The van der Waals surface area contributed by atoms with Crippen LogP contribution in [-0.4, -0.2) is 0 Å². The molecular weight excluding hydrogens is 336 g/mol. The monoisotopic (exact) mass is 366 g/mol. The molecule has 0 heterocycles. The van der Waals surface area contributed by atoms with Crippen molar-refractivity contribution in [2.75, 3.05) is 5.32 Å². The second-order valence-electron chi connectivity index (χ2n) is 8.22. The molecule has 0 spiro atoms. The number of allylic oxidation sites excluding steroid dienone is 4. The van der Waals surface area contributed by atoms with Gasteiger partial charge in [-0.3, -0.25) is 0 Å². The Balaban J connectivity index is 1.38. The highest BCUT2D eigenvalue weighted by atomic mass is 32.2. The Morgan fingerprint density at radius 2 is 2.12 bits per heavy atom. The predicted octanol–water partition coefficient (Wildman–Crippen LogP) is 6.12. The fourth-order valence-electron chi connectivity index (χ4n) is 3.98. The number of benzene rings is 1. The first-order valence-corrected chi connectivity index (χ1v) is 10.8. The Bertz CT molecular complexity index is 769. The van der Waals surface area contributed by atoms with Crippen LogP contribution < -0.4 is 10.0 Å². The number of nitrogens with one attached hydrogen (secondary N) is 2. The van der Waals surface area contributed by atoms with E-state index in [-0.39, 0.29) is 0 Å². The minimum absolute atomic E-state index is 0.603. The molecule has 1 aromatic carbocycles. The molecule has 0 radical (unpaired) electrons. The molecule has 0 bridgehead atoms.